The Balaban J connectivity index is 2.02. The van der Waals surface area contributed by atoms with Crippen LogP contribution in [-0.4, -0.2) is 30.7 Å². The molecule has 6 heteroatoms. The maximum Gasteiger partial charge on any atom is 0.409 e. The van der Waals surface area contributed by atoms with Crippen LogP contribution in [-0.2, 0) is 17.6 Å². The molecule has 22 heavy (non-hydrogen) atoms. The topological polar surface area (TPSA) is 56.5 Å². The van der Waals surface area contributed by atoms with Gasteiger partial charge in [0.25, 0.3) is 0 Å². The highest BCUT2D eigenvalue weighted by atomic mass is 35.5. The standard InChI is InChI=1S/C16H17ClN2O3/c1-2-22-16(20)18-9-7-12-14(8-10-18)19(21)13-6-4-3-5-11(13)15(12)17/h3-6H,2,7-10H2,1H3. The summed E-state index contributed by atoms with van der Waals surface area (Å²) in [4.78, 5) is 13.5. The van der Waals surface area contributed by atoms with Gasteiger partial charge in [-0.25, -0.2) is 4.79 Å². The SMILES string of the molecule is CCOC(=O)N1CCc2c(Cl)c3ccccc3[n+]([O-])c2CC1. The van der Waals surface area contributed by atoms with Crippen molar-refractivity contribution in [3.63, 3.8) is 0 Å². The van der Waals surface area contributed by atoms with Crippen LogP contribution >= 0.6 is 11.6 Å². The fourth-order valence-electron chi connectivity index (χ4n) is 2.90. The van der Waals surface area contributed by atoms with E-state index >= 15 is 0 Å². The summed E-state index contributed by atoms with van der Waals surface area (Å²) in [6, 6.07) is 7.30. The Morgan fingerprint density at radius 3 is 2.86 bits per heavy atom. The zero-order chi connectivity index (χ0) is 15.7. The van der Waals surface area contributed by atoms with E-state index < -0.39 is 0 Å². The van der Waals surface area contributed by atoms with Crippen LogP contribution in [0.4, 0.5) is 4.79 Å². The fraction of sp³-hybridized carbons (Fsp3) is 0.375. The number of fused-ring (bicyclic) bond motifs is 2. The summed E-state index contributed by atoms with van der Waals surface area (Å²) >= 11 is 6.51. The van der Waals surface area contributed by atoms with E-state index in [9.17, 15) is 10.0 Å². The zero-order valence-corrected chi connectivity index (χ0v) is 13.1. The lowest BCUT2D eigenvalue weighted by atomic mass is 10.1. The maximum atomic E-state index is 12.6. The van der Waals surface area contributed by atoms with E-state index in [1.807, 2.05) is 18.2 Å². The highest BCUT2D eigenvalue weighted by Crippen LogP contribution is 2.29. The first-order valence-electron chi connectivity index (χ1n) is 7.36. The average Bonchev–Trinajstić information content (AvgIpc) is 2.76. The van der Waals surface area contributed by atoms with Crippen LogP contribution in [0.25, 0.3) is 10.9 Å². The van der Waals surface area contributed by atoms with Gasteiger partial charge < -0.3 is 14.8 Å². The van der Waals surface area contributed by atoms with Crippen molar-refractivity contribution in [2.75, 3.05) is 19.7 Å². The summed E-state index contributed by atoms with van der Waals surface area (Å²) in [6.45, 7) is 3.08. The highest BCUT2D eigenvalue weighted by molar-refractivity contribution is 6.36. The minimum absolute atomic E-state index is 0.339. The van der Waals surface area contributed by atoms with Crippen molar-refractivity contribution in [1.29, 1.82) is 0 Å². The van der Waals surface area contributed by atoms with Gasteiger partial charge >= 0.3 is 6.09 Å². The monoisotopic (exact) mass is 320 g/mol. The van der Waals surface area contributed by atoms with E-state index in [0.29, 0.717) is 48.8 Å². The summed E-state index contributed by atoms with van der Waals surface area (Å²) in [6.07, 6.45) is 0.691. The minimum atomic E-state index is -0.339. The molecular formula is C16H17ClN2O3. The van der Waals surface area contributed by atoms with Crippen LogP contribution in [0.5, 0.6) is 0 Å². The smallest absolute Gasteiger partial charge is 0.409 e. The number of benzene rings is 1. The summed E-state index contributed by atoms with van der Waals surface area (Å²) < 4.78 is 5.99. The summed E-state index contributed by atoms with van der Waals surface area (Å²) in [5.41, 5.74) is 2.05. The van der Waals surface area contributed by atoms with Crippen molar-refractivity contribution in [2.24, 2.45) is 0 Å². The third-order valence-corrected chi connectivity index (χ3v) is 4.43. The number of ether oxygens (including phenoxy) is 1. The van der Waals surface area contributed by atoms with E-state index in [1.165, 1.54) is 0 Å². The molecule has 0 aliphatic carbocycles. The molecule has 0 radical (unpaired) electrons. The van der Waals surface area contributed by atoms with Crippen molar-refractivity contribution < 1.29 is 14.3 Å². The van der Waals surface area contributed by atoms with E-state index in [-0.39, 0.29) is 6.09 Å². The first kappa shape index (κ1) is 14.9. The highest BCUT2D eigenvalue weighted by Gasteiger charge is 2.27. The number of rotatable bonds is 1. The molecule has 0 N–H and O–H groups in total. The molecule has 0 spiro atoms. The van der Waals surface area contributed by atoms with Crippen LogP contribution in [0.15, 0.2) is 24.3 Å². The molecular weight excluding hydrogens is 304 g/mol. The number of amides is 1. The van der Waals surface area contributed by atoms with Gasteiger partial charge in [-0.1, -0.05) is 23.7 Å². The molecule has 1 amide bonds. The van der Waals surface area contributed by atoms with Crippen molar-refractivity contribution in [3.8, 4) is 0 Å². The molecule has 1 aliphatic rings. The van der Waals surface area contributed by atoms with Crippen LogP contribution in [0, 0.1) is 5.21 Å². The number of para-hydroxylation sites is 1. The second-order valence-electron chi connectivity index (χ2n) is 5.24. The Bertz CT molecular complexity index is 680. The van der Waals surface area contributed by atoms with Crippen LogP contribution in [0.3, 0.4) is 0 Å². The van der Waals surface area contributed by atoms with Gasteiger partial charge in [-0.15, -0.1) is 0 Å². The van der Waals surface area contributed by atoms with Gasteiger partial charge in [0.15, 0.2) is 5.69 Å². The first-order valence-corrected chi connectivity index (χ1v) is 7.74. The Kier molecular flexibility index (Phi) is 4.07. The number of pyridine rings is 1. The van der Waals surface area contributed by atoms with Gasteiger partial charge in [-0.2, -0.15) is 4.73 Å². The Labute approximate surface area is 133 Å². The second-order valence-corrected chi connectivity index (χ2v) is 5.61. The number of nitrogens with zero attached hydrogens (tertiary/aromatic N) is 2. The number of hydrogen-bond donors (Lipinski definition) is 0. The number of aromatic nitrogens is 1. The Morgan fingerprint density at radius 1 is 1.36 bits per heavy atom. The molecule has 5 nitrogen and oxygen atoms in total. The predicted molar refractivity (Wildman–Crippen MR) is 83.9 cm³/mol. The van der Waals surface area contributed by atoms with Crippen LogP contribution in [0.2, 0.25) is 5.02 Å². The third kappa shape index (κ3) is 2.46. The van der Waals surface area contributed by atoms with Gasteiger partial charge in [0.05, 0.1) is 23.4 Å². The molecule has 1 aromatic carbocycles. The number of carbonyl (C=O) groups is 1. The van der Waals surface area contributed by atoms with Gasteiger partial charge in [0.2, 0.25) is 5.52 Å². The van der Waals surface area contributed by atoms with Gasteiger partial charge in [0, 0.05) is 24.7 Å². The molecule has 2 aromatic rings. The molecule has 0 atom stereocenters. The lowest BCUT2D eigenvalue weighted by Gasteiger charge is -2.18. The molecule has 0 bridgehead atoms. The molecule has 1 aliphatic heterocycles. The van der Waals surface area contributed by atoms with E-state index in [0.717, 1.165) is 15.7 Å². The van der Waals surface area contributed by atoms with Gasteiger partial charge in [-0.3, -0.25) is 0 Å². The molecule has 0 saturated heterocycles. The van der Waals surface area contributed by atoms with Gasteiger partial charge in [0.1, 0.15) is 0 Å². The lowest BCUT2D eigenvalue weighted by molar-refractivity contribution is -0.586. The molecule has 0 fully saturated rings. The van der Waals surface area contributed by atoms with Gasteiger partial charge in [-0.05, 0) is 19.4 Å². The molecule has 1 aromatic heterocycles. The lowest BCUT2D eigenvalue weighted by Crippen LogP contribution is -2.36. The number of hydrogen-bond acceptors (Lipinski definition) is 3. The molecule has 116 valence electrons. The van der Waals surface area contributed by atoms with E-state index in [1.54, 1.807) is 17.9 Å². The maximum absolute atomic E-state index is 12.6. The summed E-state index contributed by atoms with van der Waals surface area (Å²) in [5.74, 6) is 0. The van der Waals surface area contributed by atoms with Crippen molar-refractivity contribution in [1.82, 2.24) is 4.90 Å². The van der Waals surface area contributed by atoms with Crippen molar-refractivity contribution in [2.45, 2.75) is 19.8 Å². The Hall–Kier alpha value is -2.01. The average molecular weight is 321 g/mol. The molecule has 3 rings (SSSR count). The normalized spacial score (nSPS) is 14.5. The van der Waals surface area contributed by atoms with E-state index in [4.69, 9.17) is 16.3 Å². The zero-order valence-electron chi connectivity index (χ0n) is 12.3. The molecule has 2 heterocycles. The number of carbonyl (C=O) groups excluding carboxylic acids is 1. The third-order valence-electron chi connectivity index (χ3n) is 3.99. The fourth-order valence-corrected chi connectivity index (χ4v) is 3.26. The summed E-state index contributed by atoms with van der Waals surface area (Å²) in [7, 11) is 0. The van der Waals surface area contributed by atoms with Crippen molar-refractivity contribution in [3.05, 3.63) is 45.8 Å². The Morgan fingerprint density at radius 2 is 2.09 bits per heavy atom. The number of halogens is 1. The quantitative estimate of drug-likeness (QED) is 0.599. The van der Waals surface area contributed by atoms with Crippen molar-refractivity contribution >= 4 is 28.6 Å². The molecule has 0 saturated carbocycles. The second kappa shape index (κ2) is 6.01. The van der Waals surface area contributed by atoms with Crippen LogP contribution in [0.1, 0.15) is 18.2 Å². The van der Waals surface area contributed by atoms with E-state index in [2.05, 4.69) is 0 Å². The largest absolute Gasteiger partial charge is 0.618 e. The summed E-state index contributed by atoms with van der Waals surface area (Å²) in [5, 5.41) is 14.0. The minimum Gasteiger partial charge on any atom is -0.618 e. The predicted octanol–water partition coefficient (Wildman–Crippen LogP) is 2.68. The van der Waals surface area contributed by atoms with Crippen LogP contribution < -0.4 is 4.73 Å². The first-order chi connectivity index (χ1) is 10.6. The molecule has 0 unspecified atom stereocenters.